The Labute approximate surface area is 241 Å². The topological polar surface area (TPSA) is 95.1 Å². The lowest BCUT2D eigenvalue weighted by atomic mass is 10.3. The van der Waals surface area contributed by atoms with Gasteiger partial charge in [0.25, 0.3) is 0 Å². The molecular weight excluding hydrogens is 872 g/mol. The zero-order valence-electron chi connectivity index (χ0n) is 17.7. The van der Waals surface area contributed by atoms with E-state index in [0.29, 0.717) is 36.1 Å². The van der Waals surface area contributed by atoms with E-state index in [2.05, 4.69) is 101 Å². The molecular formula is C20H22I4N2O6. The standard InChI is InChI=1S/2C10H11I2NO3/c2*1-3-16-10(14)13-8-5-6(15-2)4-7(11)9(8)12/h2*4-5H,3H2,1-2H3,(H,13,14). The molecule has 0 spiro atoms. The van der Waals surface area contributed by atoms with Crippen molar-refractivity contribution in [3.8, 4) is 11.5 Å². The first-order valence-corrected chi connectivity index (χ1v) is 13.4. The van der Waals surface area contributed by atoms with E-state index in [-0.39, 0.29) is 0 Å². The lowest BCUT2D eigenvalue weighted by Crippen LogP contribution is -2.14. The number of carbonyl (C=O) groups excluding carboxylic acids is 2. The van der Waals surface area contributed by atoms with E-state index in [1.54, 1.807) is 40.2 Å². The molecule has 2 rings (SSSR count). The molecule has 0 aliphatic heterocycles. The number of hydrogen-bond acceptors (Lipinski definition) is 6. The third-order valence-electron chi connectivity index (χ3n) is 3.50. The second-order valence-electron chi connectivity index (χ2n) is 5.63. The van der Waals surface area contributed by atoms with E-state index in [4.69, 9.17) is 18.9 Å². The van der Waals surface area contributed by atoms with Crippen LogP contribution in [-0.2, 0) is 9.47 Å². The molecule has 0 aliphatic carbocycles. The van der Waals surface area contributed by atoms with Crippen molar-refractivity contribution >= 4 is 114 Å². The minimum absolute atomic E-state index is 0.351. The number of halogens is 4. The highest BCUT2D eigenvalue weighted by Crippen LogP contribution is 2.30. The molecule has 0 fully saturated rings. The lowest BCUT2D eigenvalue weighted by molar-refractivity contribution is 0.167. The fourth-order valence-corrected chi connectivity index (χ4v) is 4.19. The molecule has 0 saturated heterocycles. The van der Waals surface area contributed by atoms with Gasteiger partial charge in [-0.05, 0) is 116 Å². The number of benzene rings is 2. The van der Waals surface area contributed by atoms with Crippen molar-refractivity contribution in [2.75, 3.05) is 38.1 Å². The fraction of sp³-hybridized carbons (Fsp3) is 0.300. The number of nitrogens with one attached hydrogen (secondary N) is 2. The van der Waals surface area contributed by atoms with Crippen LogP contribution >= 0.6 is 90.4 Å². The average molecular weight is 894 g/mol. The minimum Gasteiger partial charge on any atom is -0.497 e. The van der Waals surface area contributed by atoms with Gasteiger partial charge in [0.2, 0.25) is 0 Å². The van der Waals surface area contributed by atoms with E-state index >= 15 is 0 Å². The van der Waals surface area contributed by atoms with Gasteiger partial charge in [-0.2, -0.15) is 0 Å². The Morgan fingerprint density at radius 1 is 0.719 bits per heavy atom. The number of amides is 2. The van der Waals surface area contributed by atoms with E-state index in [9.17, 15) is 9.59 Å². The van der Waals surface area contributed by atoms with Gasteiger partial charge in [-0.1, -0.05) is 0 Å². The first-order valence-electron chi connectivity index (χ1n) is 9.10. The Kier molecular flexibility index (Phi) is 14.2. The molecule has 0 aliphatic rings. The third-order valence-corrected chi connectivity index (χ3v) is 9.59. The van der Waals surface area contributed by atoms with Gasteiger partial charge in [-0.25, -0.2) is 9.59 Å². The van der Waals surface area contributed by atoms with Crippen LogP contribution in [0.5, 0.6) is 11.5 Å². The van der Waals surface area contributed by atoms with Crippen LogP contribution in [0.25, 0.3) is 0 Å². The predicted molar refractivity (Wildman–Crippen MR) is 158 cm³/mol. The van der Waals surface area contributed by atoms with Crippen molar-refractivity contribution in [2.45, 2.75) is 13.8 Å². The molecule has 0 atom stereocenters. The summed E-state index contributed by atoms with van der Waals surface area (Å²) in [6, 6.07) is 7.33. The summed E-state index contributed by atoms with van der Waals surface area (Å²) in [5.74, 6) is 1.41. The third kappa shape index (κ3) is 9.78. The second kappa shape index (κ2) is 15.4. The van der Waals surface area contributed by atoms with Crippen molar-refractivity contribution in [1.29, 1.82) is 0 Å². The smallest absolute Gasteiger partial charge is 0.411 e. The summed E-state index contributed by atoms with van der Waals surface area (Å²) in [6.45, 7) is 4.23. The van der Waals surface area contributed by atoms with Gasteiger partial charge >= 0.3 is 12.2 Å². The van der Waals surface area contributed by atoms with Crippen LogP contribution in [0.4, 0.5) is 21.0 Å². The summed E-state index contributed by atoms with van der Waals surface area (Å²) >= 11 is 8.71. The maximum atomic E-state index is 11.3. The van der Waals surface area contributed by atoms with Gasteiger partial charge in [-0.3, -0.25) is 10.6 Å². The van der Waals surface area contributed by atoms with Crippen molar-refractivity contribution < 1.29 is 28.5 Å². The predicted octanol–water partition coefficient (Wildman–Crippen LogP) is 6.95. The summed E-state index contributed by atoms with van der Waals surface area (Å²) < 4.78 is 23.9. The van der Waals surface area contributed by atoms with Gasteiger partial charge in [0, 0.05) is 19.3 Å². The van der Waals surface area contributed by atoms with Crippen LogP contribution in [0.2, 0.25) is 0 Å². The van der Waals surface area contributed by atoms with Gasteiger partial charge < -0.3 is 18.9 Å². The molecule has 0 bridgehead atoms. The van der Waals surface area contributed by atoms with Crippen molar-refractivity contribution in [3.63, 3.8) is 0 Å². The number of anilines is 2. The molecule has 0 unspecified atom stereocenters. The molecule has 2 amide bonds. The Morgan fingerprint density at radius 2 is 1.06 bits per heavy atom. The molecule has 0 saturated carbocycles. The Morgan fingerprint density at radius 3 is 1.34 bits per heavy atom. The number of rotatable bonds is 6. The SMILES string of the molecule is CCOC(=O)Nc1cc(OC)cc(I)c1I.CCOC(=O)Nc1cc(OC)cc(I)c1I. The van der Waals surface area contributed by atoms with Crippen molar-refractivity contribution in [2.24, 2.45) is 0 Å². The largest absolute Gasteiger partial charge is 0.497 e. The molecule has 176 valence electrons. The van der Waals surface area contributed by atoms with E-state index in [1.165, 1.54) is 0 Å². The molecule has 32 heavy (non-hydrogen) atoms. The van der Waals surface area contributed by atoms with E-state index in [1.807, 2.05) is 12.1 Å². The Bertz CT molecular complexity index is 867. The van der Waals surface area contributed by atoms with Gasteiger partial charge in [0.1, 0.15) is 11.5 Å². The number of methoxy groups -OCH3 is 2. The lowest BCUT2D eigenvalue weighted by Gasteiger charge is -2.10. The summed E-state index contributed by atoms with van der Waals surface area (Å²) in [6.07, 6.45) is -0.908. The minimum atomic E-state index is -0.454. The number of ether oxygens (including phenoxy) is 4. The molecule has 0 aromatic heterocycles. The maximum Gasteiger partial charge on any atom is 0.411 e. The summed E-state index contributed by atoms with van der Waals surface area (Å²) in [5, 5.41) is 5.35. The van der Waals surface area contributed by atoms with Crippen molar-refractivity contribution in [1.82, 2.24) is 0 Å². The molecule has 0 radical (unpaired) electrons. The highest BCUT2D eigenvalue weighted by molar-refractivity contribution is 14.1. The normalized spacial score (nSPS) is 9.75. The van der Waals surface area contributed by atoms with Crippen LogP contribution in [0, 0.1) is 14.3 Å². The second-order valence-corrected chi connectivity index (χ2v) is 10.1. The molecule has 2 aromatic carbocycles. The first-order chi connectivity index (χ1) is 15.2. The maximum absolute atomic E-state index is 11.3. The van der Waals surface area contributed by atoms with E-state index in [0.717, 1.165) is 14.3 Å². The zero-order valence-corrected chi connectivity index (χ0v) is 26.3. The van der Waals surface area contributed by atoms with Gasteiger partial charge in [0.05, 0.1) is 45.9 Å². The molecule has 2 aromatic rings. The fourth-order valence-electron chi connectivity index (χ4n) is 2.10. The van der Waals surface area contributed by atoms with Crippen molar-refractivity contribution in [3.05, 3.63) is 38.5 Å². The average Bonchev–Trinajstić information content (AvgIpc) is 2.75. The molecule has 8 nitrogen and oxygen atoms in total. The van der Waals surface area contributed by atoms with Gasteiger partial charge in [-0.15, -0.1) is 0 Å². The summed E-state index contributed by atoms with van der Waals surface area (Å²) in [7, 11) is 3.18. The van der Waals surface area contributed by atoms with Crippen LogP contribution in [-0.4, -0.2) is 39.6 Å². The summed E-state index contributed by atoms with van der Waals surface area (Å²) in [4.78, 5) is 22.6. The van der Waals surface area contributed by atoms with E-state index < -0.39 is 12.2 Å². The zero-order chi connectivity index (χ0) is 24.3. The number of carbonyl (C=O) groups is 2. The Balaban J connectivity index is 0.000000320. The summed E-state index contributed by atoms with van der Waals surface area (Å²) in [5.41, 5.74) is 1.39. The van der Waals surface area contributed by atoms with Crippen LogP contribution in [0.3, 0.4) is 0 Å². The number of hydrogen-bond donors (Lipinski definition) is 2. The Hall–Kier alpha value is -0.500. The molecule has 0 heterocycles. The highest BCUT2D eigenvalue weighted by Gasteiger charge is 2.11. The van der Waals surface area contributed by atoms with Crippen LogP contribution in [0.1, 0.15) is 13.8 Å². The van der Waals surface area contributed by atoms with Crippen LogP contribution in [0.15, 0.2) is 24.3 Å². The quantitative estimate of drug-likeness (QED) is 0.306. The monoisotopic (exact) mass is 894 g/mol. The first kappa shape index (κ1) is 29.5. The molecule has 2 N–H and O–H groups in total. The van der Waals surface area contributed by atoms with Crippen LogP contribution < -0.4 is 20.1 Å². The van der Waals surface area contributed by atoms with Gasteiger partial charge in [0.15, 0.2) is 0 Å². The highest BCUT2D eigenvalue weighted by atomic mass is 127. The molecule has 12 heteroatoms.